The summed E-state index contributed by atoms with van der Waals surface area (Å²) in [4.78, 5) is 14.7. The molecule has 1 saturated carbocycles. The Balaban J connectivity index is 1.61. The van der Waals surface area contributed by atoms with Gasteiger partial charge in [-0.25, -0.2) is 0 Å². The fraction of sp³-hybridized carbons (Fsp3) is 0.737. The molecule has 1 amide bonds. The normalized spacial score (nSPS) is 16.9. The Morgan fingerprint density at radius 1 is 1.35 bits per heavy atom. The highest BCUT2D eigenvalue weighted by Gasteiger charge is 2.36. The summed E-state index contributed by atoms with van der Waals surface area (Å²) in [6.45, 7) is 7.54. The van der Waals surface area contributed by atoms with Gasteiger partial charge in [0.2, 0.25) is 5.91 Å². The molecule has 1 fully saturated rings. The van der Waals surface area contributed by atoms with Crippen molar-refractivity contribution in [2.24, 2.45) is 0 Å². The van der Waals surface area contributed by atoms with E-state index in [0.29, 0.717) is 19.0 Å². The highest BCUT2D eigenvalue weighted by Crippen LogP contribution is 2.33. The second-order valence-electron chi connectivity index (χ2n) is 8.08. The highest BCUT2D eigenvalue weighted by atomic mass is 16.1. The number of aryl methyl sites for hydroxylation is 2. The van der Waals surface area contributed by atoms with E-state index in [9.17, 15) is 4.79 Å². The van der Waals surface area contributed by atoms with Crippen LogP contribution in [0.25, 0.3) is 11.0 Å². The molecule has 0 atom stereocenters. The number of fused-ring (bicyclic) bond motifs is 1. The third kappa shape index (κ3) is 3.49. The number of hydrogen-bond donors (Lipinski definition) is 1. The predicted octanol–water partition coefficient (Wildman–Crippen LogP) is 2.50. The van der Waals surface area contributed by atoms with E-state index in [1.54, 1.807) is 0 Å². The van der Waals surface area contributed by atoms with Gasteiger partial charge >= 0.3 is 0 Å². The SMILES string of the molecule is Cc1nn(C(C)C)c2cnn(CCC(=O)NCC3(N(C)C)CCCC3)c12. The zero-order valence-electron chi connectivity index (χ0n) is 16.7. The van der Waals surface area contributed by atoms with Gasteiger partial charge in [-0.05, 0) is 47.7 Å². The number of amides is 1. The topological polar surface area (TPSA) is 68.0 Å². The third-order valence-electron chi connectivity index (χ3n) is 5.80. The number of hydrogen-bond acceptors (Lipinski definition) is 4. The van der Waals surface area contributed by atoms with E-state index in [4.69, 9.17) is 0 Å². The second kappa shape index (κ2) is 7.39. The van der Waals surface area contributed by atoms with Gasteiger partial charge in [0.25, 0.3) is 0 Å². The number of carbonyl (C=O) groups is 1. The fourth-order valence-electron chi connectivity index (χ4n) is 4.12. The predicted molar refractivity (Wildman–Crippen MR) is 103 cm³/mol. The molecule has 1 aliphatic carbocycles. The van der Waals surface area contributed by atoms with Crippen molar-refractivity contribution in [3.05, 3.63) is 11.9 Å². The Morgan fingerprint density at radius 2 is 2.04 bits per heavy atom. The van der Waals surface area contributed by atoms with Crippen molar-refractivity contribution >= 4 is 16.9 Å². The molecule has 2 aromatic heterocycles. The average molecular weight is 361 g/mol. The first-order valence-electron chi connectivity index (χ1n) is 9.69. The fourth-order valence-corrected chi connectivity index (χ4v) is 4.12. The molecule has 7 nitrogen and oxygen atoms in total. The second-order valence-corrected chi connectivity index (χ2v) is 8.08. The van der Waals surface area contributed by atoms with Gasteiger partial charge in [-0.3, -0.25) is 14.2 Å². The number of carbonyl (C=O) groups excluding carboxylic acids is 1. The summed E-state index contributed by atoms with van der Waals surface area (Å²) >= 11 is 0. The smallest absolute Gasteiger partial charge is 0.221 e. The summed E-state index contributed by atoms with van der Waals surface area (Å²) in [5.74, 6) is 0.0932. The van der Waals surface area contributed by atoms with Gasteiger partial charge in [-0.1, -0.05) is 12.8 Å². The molecule has 0 aliphatic heterocycles. The van der Waals surface area contributed by atoms with Crippen LogP contribution in [0.5, 0.6) is 0 Å². The maximum atomic E-state index is 12.4. The minimum Gasteiger partial charge on any atom is -0.354 e. The summed E-state index contributed by atoms with van der Waals surface area (Å²) in [6, 6.07) is 0.292. The molecule has 0 radical (unpaired) electrons. The van der Waals surface area contributed by atoms with Crippen LogP contribution in [0.15, 0.2) is 6.20 Å². The number of aromatic nitrogens is 4. The number of nitrogens with one attached hydrogen (secondary N) is 1. The summed E-state index contributed by atoms with van der Waals surface area (Å²) in [6.07, 6.45) is 7.11. The van der Waals surface area contributed by atoms with Gasteiger partial charge in [0, 0.05) is 24.5 Å². The first-order chi connectivity index (χ1) is 12.3. The van der Waals surface area contributed by atoms with Gasteiger partial charge in [0.1, 0.15) is 11.0 Å². The molecule has 7 heteroatoms. The van der Waals surface area contributed by atoms with Crippen LogP contribution in [0, 0.1) is 6.92 Å². The molecule has 3 rings (SSSR count). The Hall–Kier alpha value is -1.89. The largest absolute Gasteiger partial charge is 0.354 e. The van der Waals surface area contributed by atoms with Gasteiger partial charge in [0.15, 0.2) is 0 Å². The Morgan fingerprint density at radius 3 is 2.65 bits per heavy atom. The lowest BCUT2D eigenvalue weighted by Crippen LogP contribution is -2.50. The number of nitrogens with zero attached hydrogens (tertiary/aromatic N) is 5. The first kappa shape index (κ1) is 18.9. The Bertz CT molecular complexity index is 766. The van der Waals surface area contributed by atoms with Crippen molar-refractivity contribution in [1.82, 2.24) is 29.8 Å². The lowest BCUT2D eigenvalue weighted by Gasteiger charge is -2.36. The summed E-state index contributed by atoms with van der Waals surface area (Å²) in [7, 11) is 4.24. The summed E-state index contributed by atoms with van der Waals surface area (Å²) < 4.78 is 3.91. The third-order valence-corrected chi connectivity index (χ3v) is 5.80. The van der Waals surface area contributed by atoms with Crippen molar-refractivity contribution in [3.63, 3.8) is 0 Å². The average Bonchev–Trinajstić information content (AvgIpc) is 3.28. The minimum atomic E-state index is 0.0932. The molecule has 0 spiro atoms. The molecule has 26 heavy (non-hydrogen) atoms. The lowest BCUT2D eigenvalue weighted by molar-refractivity contribution is -0.121. The monoisotopic (exact) mass is 360 g/mol. The van der Waals surface area contributed by atoms with E-state index in [-0.39, 0.29) is 11.4 Å². The molecular weight excluding hydrogens is 328 g/mol. The minimum absolute atomic E-state index is 0.0932. The van der Waals surface area contributed by atoms with Crippen molar-refractivity contribution in [1.29, 1.82) is 0 Å². The van der Waals surface area contributed by atoms with Crippen molar-refractivity contribution in [2.45, 2.75) is 71.0 Å². The number of likely N-dealkylation sites (N-methyl/N-ethyl adjacent to an activating group) is 1. The van der Waals surface area contributed by atoms with Crippen LogP contribution in [-0.4, -0.2) is 56.5 Å². The molecule has 1 aliphatic rings. The van der Waals surface area contributed by atoms with Crippen LogP contribution >= 0.6 is 0 Å². The van der Waals surface area contributed by atoms with Gasteiger partial charge < -0.3 is 10.2 Å². The Kier molecular flexibility index (Phi) is 5.37. The molecule has 2 heterocycles. The zero-order chi connectivity index (χ0) is 18.9. The first-order valence-corrected chi connectivity index (χ1v) is 9.69. The molecule has 1 N–H and O–H groups in total. The van der Waals surface area contributed by atoms with Crippen LogP contribution in [0.2, 0.25) is 0 Å². The van der Waals surface area contributed by atoms with Crippen LogP contribution in [0.3, 0.4) is 0 Å². The van der Waals surface area contributed by atoms with Gasteiger partial charge in [-0.15, -0.1) is 0 Å². The molecule has 144 valence electrons. The van der Waals surface area contributed by atoms with E-state index in [2.05, 4.69) is 48.4 Å². The Labute approximate surface area is 155 Å². The maximum Gasteiger partial charge on any atom is 0.221 e. The molecule has 0 unspecified atom stereocenters. The van der Waals surface area contributed by atoms with E-state index < -0.39 is 0 Å². The highest BCUT2D eigenvalue weighted by molar-refractivity contribution is 5.79. The summed E-state index contributed by atoms with van der Waals surface area (Å²) in [5, 5.41) is 12.2. The van der Waals surface area contributed by atoms with Gasteiger partial charge in [0.05, 0.1) is 18.4 Å². The van der Waals surface area contributed by atoms with Gasteiger partial charge in [-0.2, -0.15) is 10.2 Å². The number of rotatable bonds is 7. The van der Waals surface area contributed by atoms with Crippen LogP contribution in [-0.2, 0) is 11.3 Å². The molecular formula is C19H32N6O. The van der Waals surface area contributed by atoms with Crippen LogP contribution in [0.1, 0.15) is 57.7 Å². The van der Waals surface area contributed by atoms with E-state index >= 15 is 0 Å². The lowest BCUT2D eigenvalue weighted by atomic mass is 9.96. The van der Waals surface area contributed by atoms with Crippen molar-refractivity contribution < 1.29 is 4.79 Å². The molecule has 0 bridgehead atoms. The standard InChI is InChI=1S/C19H32N6O/c1-14(2)25-16-12-21-24(18(16)15(3)22-25)11-8-17(26)20-13-19(23(4)5)9-6-7-10-19/h12,14H,6-11,13H2,1-5H3,(H,20,26). The van der Waals surface area contributed by atoms with E-state index in [0.717, 1.165) is 36.1 Å². The quantitative estimate of drug-likeness (QED) is 0.824. The molecule has 0 aromatic carbocycles. The van der Waals surface area contributed by atoms with E-state index in [1.807, 2.05) is 22.5 Å². The van der Waals surface area contributed by atoms with Crippen LogP contribution < -0.4 is 5.32 Å². The van der Waals surface area contributed by atoms with Crippen molar-refractivity contribution in [2.75, 3.05) is 20.6 Å². The van der Waals surface area contributed by atoms with Crippen LogP contribution in [0.4, 0.5) is 0 Å². The maximum absolute atomic E-state index is 12.4. The molecule has 0 saturated heterocycles. The van der Waals surface area contributed by atoms with Crippen molar-refractivity contribution in [3.8, 4) is 0 Å². The van der Waals surface area contributed by atoms with E-state index in [1.165, 1.54) is 12.8 Å². The molecule has 2 aromatic rings. The zero-order valence-corrected chi connectivity index (χ0v) is 16.7. The summed E-state index contributed by atoms with van der Waals surface area (Å²) in [5.41, 5.74) is 3.16.